The number of hydrogen-bond acceptors (Lipinski definition) is 5. The lowest BCUT2D eigenvalue weighted by Gasteiger charge is -2.09. The highest BCUT2D eigenvalue weighted by Gasteiger charge is 2.18. The van der Waals surface area contributed by atoms with Crippen LogP contribution in [0.4, 0.5) is 4.79 Å². The maximum Gasteiger partial charge on any atom is 0.414 e. The summed E-state index contributed by atoms with van der Waals surface area (Å²) in [6, 6.07) is 1.72. The fraction of sp³-hybridized carbons (Fsp3) is 0.545. The van der Waals surface area contributed by atoms with Gasteiger partial charge < -0.3 is 9.47 Å². The van der Waals surface area contributed by atoms with Crippen molar-refractivity contribution in [2.75, 3.05) is 13.2 Å². The largest absolute Gasteiger partial charge is 0.497 e. The highest BCUT2D eigenvalue weighted by molar-refractivity contribution is 6.05. The van der Waals surface area contributed by atoms with Crippen LogP contribution in [0.2, 0.25) is 0 Å². The molecule has 0 radical (unpaired) electrons. The molecule has 0 aliphatic carbocycles. The van der Waals surface area contributed by atoms with Gasteiger partial charge >= 0.3 is 6.09 Å². The van der Waals surface area contributed by atoms with Crippen molar-refractivity contribution in [3.63, 3.8) is 0 Å². The van der Waals surface area contributed by atoms with Gasteiger partial charge in [-0.05, 0) is 13.8 Å². The van der Waals surface area contributed by atoms with Crippen LogP contribution in [0.15, 0.2) is 11.3 Å². The van der Waals surface area contributed by atoms with Gasteiger partial charge in [-0.2, -0.15) is 5.26 Å². The van der Waals surface area contributed by atoms with Gasteiger partial charge in [0.2, 0.25) is 0 Å². The van der Waals surface area contributed by atoms with Crippen LogP contribution in [0.5, 0.6) is 0 Å². The average Bonchev–Trinajstić information content (AvgIpc) is 2.28. The quantitative estimate of drug-likeness (QED) is 0.446. The van der Waals surface area contributed by atoms with Gasteiger partial charge in [-0.1, -0.05) is 6.92 Å². The maximum atomic E-state index is 11.6. The molecule has 0 fully saturated rings. The van der Waals surface area contributed by atoms with Crippen molar-refractivity contribution in [2.45, 2.75) is 27.2 Å². The molecule has 1 N–H and O–H groups in total. The van der Waals surface area contributed by atoms with Gasteiger partial charge in [0.15, 0.2) is 5.57 Å². The maximum absolute atomic E-state index is 11.6. The number of ether oxygens (including phenoxy) is 2. The molecule has 0 unspecified atom stereocenters. The minimum absolute atomic E-state index is 0.150. The Kier molecular flexibility index (Phi) is 7.19. The van der Waals surface area contributed by atoms with Crippen LogP contribution in [-0.4, -0.2) is 25.2 Å². The third-order valence-corrected chi connectivity index (χ3v) is 1.75. The third kappa shape index (κ3) is 5.02. The number of rotatable bonds is 5. The second-order valence-electron chi connectivity index (χ2n) is 2.87. The summed E-state index contributed by atoms with van der Waals surface area (Å²) in [7, 11) is 0. The summed E-state index contributed by atoms with van der Waals surface area (Å²) in [5.41, 5.74) is -0.206. The summed E-state index contributed by atoms with van der Waals surface area (Å²) >= 11 is 0. The first-order valence-electron chi connectivity index (χ1n) is 5.34. The van der Waals surface area contributed by atoms with Gasteiger partial charge in [0.1, 0.15) is 11.8 Å². The lowest BCUT2D eigenvalue weighted by atomic mass is 10.2. The molecule has 0 spiro atoms. The fourth-order valence-electron chi connectivity index (χ4n) is 1.09. The normalized spacial score (nSPS) is 10.9. The van der Waals surface area contributed by atoms with Gasteiger partial charge in [-0.25, -0.2) is 4.79 Å². The van der Waals surface area contributed by atoms with Gasteiger partial charge in [0.25, 0.3) is 5.91 Å². The van der Waals surface area contributed by atoms with E-state index in [-0.39, 0.29) is 17.9 Å². The van der Waals surface area contributed by atoms with Gasteiger partial charge in [0, 0.05) is 6.42 Å². The zero-order valence-corrected chi connectivity index (χ0v) is 10.2. The molecule has 0 rings (SSSR count). The van der Waals surface area contributed by atoms with E-state index < -0.39 is 12.0 Å². The molecule has 2 amide bonds. The zero-order chi connectivity index (χ0) is 13.3. The number of imide groups is 1. The third-order valence-electron chi connectivity index (χ3n) is 1.75. The van der Waals surface area contributed by atoms with Crippen molar-refractivity contribution in [2.24, 2.45) is 0 Å². The average molecular weight is 240 g/mol. The number of nitrogens with one attached hydrogen (secondary N) is 1. The van der Waals surface area contributed by atoms with Crippen molar-refractivity contribution < 1.29 is 19.1 Å². The lowest BCUT2D eigenvalue weighted by molar-refractivity contribution is -0.116. The number of carbonyl (C=O) groups is 2. The van der Waals surface area contributed by atoms with Gasteiger partial charge in [-0.15, -0.1) is 0 Å². The molecule has 6 heteroatoms. The van der Waals surface area contributed by atoms with E-state index in [1.807, 2.05) is 5.32 Å². The van der Waals surface area contributed by atoms with E-state index in [1.54, 1.807) is 26.8 Å². The Hall–Kier alpha value is -2.03. The molecule has 0 heterocycles. The lowest BCUT2D eigenvalue weighted by Crippen LogP contribution is -2.32. The minimum atomic E-state index is -0.878. The molecule has 0 atom stereocenters. The Balaban J connectivity index is 4.82. The van der Waals surface area contributed by atoms with Crippen LogP contribution in [0, 0.1) is 11.3 Å². The molecule has 17 heavy (non-hydrogen) atoms. The first-order valence-corrected chi connectivity index (χ1v) is 5.34. The number of hydrogen-bond donors (Lipinski definition) is 1. The summed E-state index contributed by atoms with van der Waals surface area (Å²) < 4.78 is 9.69. The molecular weight excluding hydrogens is 224 g/mol. The number of carbonyl (C=O) groups excluding carboxylic acids is 2. The van der Waals surface area contributed by atoms with E-state index >= 15 is 0 Å². The molecule has 0 aromatic heterocycles. The van der Waals surface area contributed by atoms with Crippen LogP contribution in [-0.2, 0) is 14.3 Å². The standard InChI is InChI=1S/C11H16N2O4/c1-4-9(16-5-2)8(7-12)10(14)13-11(15)17-6-3/h4-6H2,1-3H3,(H,13,14,15)/b9-8-. The molecule has 6 nitrogen and oxygen atoms in total. The number of allylic oxidation sites excluding steroid dienone is 1. The zero-order valence-electron chi connectivity index (χ0n) is 10.2. The number of nitriles is 1. The second kappa shape index (κ2) is 8.16. The van der Waals surface area contributed by atoms with Crippen molar-refractivity contribution in [1.82, 2.24) is 5.32 Å². The van der Waals surface area contributed by atoms with E-state index in [1.165, 1.54) is 0 Å². The Morgan fingerprint density at radius 3 is 2.18 bits per heavy atom. The molecular formula is C11H16N2O4. The molecule has 0 bridgehead atoms. The van der Waals surface area contributed by atoms with E-state index in [2.05, 4.69) is 4.74 Å². The number of nitrogens with zero attached hydrogens (tertiary/aromatic N) is 1. The molecule has 0 aromatic rings. The van der Waals surface area contributed by atoms with E-state index in [4.69, 9.17) is 10.00 Å². The summed E-state index contributed by atoms with van der Waals surface area (Å²) in [6.45, 7) is 5.61. The van der Waals surface area contributed by atoms with E-state index in [0.29, 0.717) is 13.0 Å². The van der Waals surface area contributed by atoms with Crippen molar-refractivity contribution in [1.29, 1.82) is 5.26 Å². The summed E-state index contributed by atoms with van der Waals surface area (Å²) in [5.74, 6) is -0.548. The van der Waals surface area contributed by atoms with Crippen molar-refractivity contribution in [3.05, 3.63) is 11.3 Å². The van der Waals surface area contributed by atoms with Crippen LogP contribution >= 0.6 is 0 Å². The van der Waals surface area contributed by atoms with Crippen LogP contribution in [0.3, 0.4) is 0 Å². The molecule has 94 valence electrons. The molecule has 0 aliphatic rings. The Morgan fingerprint density at radius 2 is 1.76 bits per heavy atom. The summed E-state index contributed by atoms with van der Waals surface area (Å²) in [4.78, 5) is 22.6. The molecule has 0 saturated carbocycles. The smallest absolute Gasteiger partial charge is 0.414 e. The molecule has 0 aliphatic heterocycles. The van der Waals surface area contributed by atoms with Crippen LogP contribution < -0.4 is 5.32 Å². The van der Waals surface area contributed by atoms with Gasteiger partial charge in [-0.3, -0.25) is 10.1 Å². The fourth-order valence-corrected chi connectivity index (χ4v) is 1.09. The van der Waals surface area contributed by atoms with Crippen LogP contribution in [0.1, 0.15) is 27.2 Å². The Morgan fingerprint density at radius 1 is 1.18 bits per heavy atom. The number of amides is 2. The topological polar surface area (TPSA) is 88.4 Å². The van der Waals surface area contributed by atoms with E-state index in [9.17, 15) is 9.59 Å². The van der Waals surface area contributed by atoms with Crippen molar-refractivity contribution >= 4 is 12.0 Å². The first kappa shape index (κ1) is 15.0. The van der Waals surface area contributed by atoms with Gasteiger partial charge in [0.05, 0.1) is 13.2 Å². The highest BCUT2D eigenvalue weighted by atomic mass is 16.5. The summed E-state index contributed by atoms with van der Waals surface area (Å²) in [5, 5.41) is 10.8. The first-order chi connectivity index (χ1) is 8.10. The SMILES string of the molecule is CCOC(=O)NC(=O)/C(C#N)=C(/CC)OCC. The van der Waals surface area contributed by atoms with E-state index in [0.717, 1.165) is 0 Å². The second-order valence-corrected chi connectivity index (χ2v) is 2.87. The van der Waals surface area contributed by atoms with Crippen molar-refractivity contribution in [3.8, 4) is 6.07 Å². The molecule has 0 saturated heterocycles. The van der Waals surface area contributed by atoms with Crippen LogP contribution in [0.25, 0.3) is 0 Å². The Bertz CT molecular complexity index is 355. The monoisotopic (exact) mass is 240 g/mol. The predicted octanol–water partition coefficient (Wildman–Crippen LogP) is 1.48. The highest BCUT2D eigenvalue weighted by Crippen LogP contribution is 2.10. The minimum Gasteiger partial charge on any atom is -0.497 e. The molecule has 0 aromatic carbocycles. The Labute approximate surface area is 100 Å². The number of alkyl carbamates (subject to hydrolysis) is 1. The predicted molar refractivity (Wildman–Crippen MR) is 59.7 cm³/mol. The summed E-state index contributed by atoms with van der Waals surface area (Å²) in [6.07, 6.45) is -0.482.